The predicted octanol–water partition coefficient (Wildman–Crippen LogP) is 4.04. The number of amides is 2. The Kier molecular flexibility index (Phi) is 7.74. The van der Waals surface area contributed by atoms with E-state index in [1.807, 2.05) is 0 Å². The van der Waals surface area contributed by atoms with Gasteiger partial charge in [-0.1, -0.05) is 40.9 Å². The zero-order chi connectivity index (χ0) is 23.3. The number of rotatable bonds is 7. The van der Waals surface area contributed by atoms with Crippen LogP contribution in [0, 0.1) is 6.92 Å². The topological polar surface area (TPSA) is 106 Å². The van der Waals surface area contributed by atoms with Crippen LogP contribution in [0.2, 0.25) is 15.2 Å². The van der Waals surface area contributed by atoms with E-state index in [1.165, 1.54) is 16.8 Å². The maximum Gasteiger partial charge on any atom is 0.331 e. The van der Waals surface area contributed by atoms with Gasteiger partial charge in [-0.15, -0.1) is 0 Å². The lowest BCUT2D eigenvalue weighted by Gasteiger charge is -2.08. The summed E-state index contributed by atoms with van der Waals surface area (Å²) in [5.41, 5.74) is 1.94. The van der Waals surface area contributed by atoms with Crippen molar-refractivity contribution in [2.75, 3.05) is 6.61 Å². The van der Waals surface area contributed by atoms with E-state index in [0.29, 0.717) is 26.9 Å². The van der Waals surface area contributed by atoms with Crippen molar-refractivity contribution in [3.05, 3.63) is 80.3 Å². The smallest absolute Gasteiger partial charge is 0.331 e. The quantitative estimate of drug-likeness (QED) is 0.380. The molecule has 2 heterocycles. The molecule has 11 heteroatoms. The average molecular weight is 496 g/mol. The third-order valence-corrected chi connectivity index (χ3v) is 5.41. The molecule has 0 saturated carbocycles. The minimum atomic E-state index is -0.787. The van der Waals surface area contributed by atoms with Gasteiger partial charge in [-0.25, -0.2) is 9.48 Å². The number of hydrogen-bond acceptors (Lipinski definition) is 5. The minimum Gasteiger partial charge on any atom is -0.452 e. The highest BCUT2D eigenvalue weighted by Crippen LogP contribution is 2.28. The molecule has 166 valence electrons. The first-order chi connectivity index (χ1) is 15.3. The van der Waals surface area contributed by atoms with Crippen LogP contribution in [0.15, 0.2) is 42.6 Å². The van der Waals surface area contributed by atoms with Gasteiger partial charge < -0.3 is 9.72 Å². The van der Waals surface area contributed by atoms with Crippen molar-refractivity contribution in [2.24, 2.45) is 0 Å². The summed E-state index contributed by atoms with van der Waals surface area (Å²) in [6.45, 7) is 1.35. The van der Waals surface area contributed by atoms with Gasteiger partial charge in [-0.2, -0.15) is 5.10 Å². The van der Waals surface area contributed by atoms with Crippen LogP contribution >= 0.6 is 34.8 Å². The summed E-state index contributed by atoms with van der Waals surface area (Å²) in [4.78, 5) is 38.1. The Morgan fingerprint density at radius 1 is 1.16 bits per heavy atom. The fourth-order valence-electron chi connectivity index (χ4n) is 2.73. The van der Waals surface area contributed by atoms with E-state index >= 15 is 0 Å². The highest BCUT2D eigenvalue weighted by atomic mass is 35.5. The maximum atomic E-state index is 12.0. The molecule has 8 nitrogen and oxygen atoms in total. The van der Waals surface area contributed by atoms with Crippen molar-refractivity contribution >= 4 is 58.7 Å². The molecule has 0 saturated heterocycles. The van der Waals surface area contributed by atoms with Crippen molar-refractivity contribution < 1.29 is 19.1 Å². The van der Waals surface area contributed by atoms with Crippen LogP contribution in [0.25, 0.3) is 6.08 Å². The Hall–Kier alpha value is -3.07. The Morgan fingerprint density at radius 2 is 1.88 bits per heavy atom. The summed E-state index contributed by atoms with van der Waals surface area (Å²) in [5, 5.41) is 7.69. The third-order valence-electron chi connectivity index (χ3n) is 4.31. The summed E-state index contributed by atoms with van der Waals surface area (Å²) in [7, 11) is 0. The number of ether oxygens (including phenoxy) is 1. The van der Waals surface area contributed by atoms with Crippen LogP contribution in [0.3, 0.4) is 0 Å². The van der Waals surface area contributed by atoms with Gasteiger partial charge in [0.15, 0.2) is 6.61 Å². The number of benzene rings is 1. The van der Waals surface area contributed by atoms with Gasteiger partial charge in [0.1, 0.15) is 10.8 Å². The Bertz CT molecular complexity index is 1170. The standard InChI is InChI=1S/C21H17Cl3N4O4/c1-12-13(20(24)28(27-12)10-14-15(22)4-2-5-16(14)23)7-8-19(30)32-11-18(29)26-21(31)17-6-3-9-25-17/h2-9,25H,10-11H2,1H3,(H,26,29,31)/b8-7+. The third kappa shape index (κ3) is 5.79. The monoisotopic (exact) mass is 494 g/mol. The van der Waals surface area contributed by atoms with E-state index in [4.69, 9.17) is 39.5 Å². The second-order valence-corrected chi connectivity index (χ2v) is 7.72. The molecular weight excluding hydrogens is 479 g/mol. The predicted molar refractivity (Wildman–Crippen MR) is 121 cm³/mol. The molecule has 0 aliphatic carbocycles. The van der Waals surface area contributed by atoms with Crippen molar-refractivity contribution in [2.45, 2.75) is 13.5 Å². The van der Waals surface area contributed by atoms with E-state index < -0.39 is 24.4 Å². The number of imide groups is 1. The van der Waals surface area contributed by atoms with E-state index in [9.17, 15) is 14.4 Å². The van der Waals surface area contributed by atoms with E-state index in [2.05, 4.69) is 15.4 Å². The zero-order valence-electron chi connectivity index (χ0n) is 16.7. The highest BCUT2D eigenvalue weighted by Gasteiger charge is 2.15. The van der Waals surface area contributed by atoms with Crippen molar-refractivity contribution in [1.82, 2.24) is 20.1 Å². The molecular formula is C21H17Cl3N4O4. The molecule has 0 atom stereocenters. The highest BCUT2D eigenvalue weighted by molar-refractivity contribution is 6.36. The first kappa shape index (κ1) is 23.6. The first-order valence-electron chi connectivity index (χ1n) is 9.24. The van der Waals surface area contributed by atoms with E-state index in [-0.39, 0.29) is 17.4 Å². The lowest BCUT2D eigenvalue weighted by atomic mass is 10.2. The molecule has 0 radical (unpaired) electrons. The second-order valence-electron chi connectivity index (χ2n) is 6.55. The van der Waals surface area contributed by atoms with Crippen molar-refractivity contribution in [3.8, 4) is 0 Å². The molecule has 2 N–H and O–H groups in total. The minimum absolute atomic E-state index is 0.213. The number of nitrogens with zero attached hydrogens (tertiary/aromatic N) is 2. The van der Waals surface area contributed by atoms with Crippen LogP contribution in [0.4, 0.5) is 0 Å². The molecule has 0 unspecified atom stereocenters. The summed E-state index contributed by atoms with van der Waals surface area (Å²) in [5.74, 6) is -2.17. The van der Waals surface area contributed by atoms with E-state index in [1.54, 1.807) is 37.4 Å². The lowest BCUT2D eigenvalue weighted by molar-refractivity contribution is -0.143. The number of carbonyl (C=O) groups excluding carboxylic acids is 3. The SMILES string of the molecule is Cc1nn(Cc2c(Cl)cccc2Cl)c(Cl)c1/C=C/C(=O)OCC(=O)NC(=O)c1ccc[nH]1. The number of H-pyrrole nitrogens is 1. The summed E-state index contributed by atoms with van der Waals surface area (Å²) < 4.78 is 6.36. The molecule has 0 spiro atoms. The van der Waals surface area contributed by atoms with Gasteiger partial charge >= 0.3 is 5.97 Å². The number of carbonyl (C=O) groups is 3. The number of aryl methyl sites for hydroxylation is 1. The average Bonchev–Trinajstić information content (AvgIpc) is 3.37. The molecule has 32 heavy (non-hydrogen) atoms. The normalized spacial score (nSPS) is 11.0. The van der Waals surface area contributed by atoms with Crippen LogP contribution < -0.4 is 5.32 Å². The summed E-state index contributed by atoms with van der Waals surface area (Å²) in [6, 6.07) is 8.28. The molecule has 0 aliphatic heterocycles. The Labute approximate surface area is 198 Å². The van der Waals surface area contributed by atoms with Crippen LogP contribution in [-0.2, 0) is 20.9 Å². The number of hydrogen-bond donors (Lipinski definition) is 2. The zero-order valence-corrected chi connectivity index (χ0v) is 19.0. The molecule has 1 aromatic carbocycles. The molecule has 0 aliphatic rings. The second kappa shape index (κ2) is 10.5. The van der Waals surface area contributed by atoms with Crippen LogP contribution in [-0.4, -0.2) is 39.2 Å². The lowest BCUT2D eigenvalue weighted by Crippen LogP contribution is -2.34. The molecule has 0 fully saturated rings. The summed E-state index contributed by atoms with van der Waals surface area (Å²) in [6.07, 6.45) is 4.09. The van der Waals surface area contributed by atoms with Crippen molar-refractivity contribution in [1.29, 1.82) is 0 Å². The van der Waals surface area contributed by atoms with Crippen LogP contribution in [0.5, 0.6) is 0 Å². The largest absolute Gasteiger partial charge is 0.452 e. The number of nitrogens with one attached hydrogen (secondary N) is 2. The molecule has 0 bridgehead atoms. The number of aromatic amines is 1. The van der Waals surface area contributed by atoms with Crippen LogP contribution in [0.1, 0.15) is 27.3 Å². The molecule has 3 rings (SSSR count). The maximum absolute atomic E-state index is 12.0. The number of esters is 1. The molecule has 2 amide bonds. The Balaban J connectivity index is 1.59. The van der Waals surface area contributed by atoms with Crippen molar-refractivity contribution in [3.63, 3.8) is 0 Å². The molecule has 2 aromatic heterocycles. The fraction of sp³-hybridized carbons (Fsp3) is 0.143. The fourth-order valence-corrected chi connectivity index (χ4v) is 3.55. The Morgan fingerprint density at radius 3 is 2.53 bits per heavy atom. The van der Waals surface area contributed by atoms with E-state index in [0.717, 1.165) is 6.08 Å². The van der Waals surface area contributed by atoms with Gasteiger partial charge in [-0.05, 0) is 37.3 Å². The van der Waals surface area contributed by atoms with Gasteiger partial charge in [-0.3, -0.25) is 14.9 Å². The number of aromatic nitrogens is 3. The van der Waals surface area contributed by atoms with Gasteiger partial charge in [0.2, 0.25) is 0 Å². The molecule has 3 aromatic rings. The van der Waals surface area contributed by atoms with Gasteiger partial charge in [0.25, 0.3) is 11.8 Å². The summed E-state index contributed by atoms with van der Waals surface area (Å²) >= 11 is 18.8. The van der Waals surface area contributed by atoms with Gasteiger partial charge in [0.05, 0.1) is 12.2 Å². The number of halogens is 3. The van der Waals surface area contributed by atoms with Gasteiger partial charge in [0, 0.05) is 33.4 Å². The first-order valence-corrected chi connectivity index (χ1v) is 10.4.